The summed E-state index contributed by atoms with van der Waals surface area (Å²) in [6.07, 6.45) is 0. The topological polar surface area (TPSA) is 108 Å². The number of amides is 2. The third kappa shape index (κ3) is 3.20. The van der Waals surface area contributed by atoms with Crippen LogP contribution < -0.4 is 15.0 Å². The van der Waals surface area contributed by atoms with Gasteiger partial charge in [-0.2, -0.15) is 4.98 Å². The predicted molar refractivity (Wildman–Crippen MR) is 98.4 cm³/mol. The molecule has 0 spiro atoms. The number of carboxylic acids is 1. The highest BCUT2D eigenvalue weighted by Gasteiger charge is 2.27. The van der Waals surface area contributed by atoms with E-state index in [1.165, 1.54) is 6.07 Å². The Morgan fingerprint density at radius 1 is 1.22 bits per heavy atom. The first-order valence-electron chi connectivity index (χ1n) is 8.25. The second-order valence-corrected chi connectivity index (χ2v) is 6.10. The number of anilines is 2. The molecule has 0 unspecified atom stereocenters. The number of carbonyl (C=O) groups excluding carboxylic acids is 1. The Morgan fingerprint density at radius 2 is 2.00 bits per heavy atom. The molecule has 136 valence electrons. The lowest BCUT2D eigenvalue weighted by molar-refractivity contribution is 0.0695. The summed E-state index contributed by atoms with van der Waals surface area (Å²) < 4.78 is 5.65. The van der Waals surface area contributed by atoms with E-state index in [0.29, 0.717) is 29.4 Å². The summed E-state index contributed by atoms with van der Waals surface area (Å²) >= 11 is 0. The van der Waals surface area contributed by atoms with Gasteiger partial charge in [0.05, 0.1) is 17.8 Å². The number of aryl methyl sites for hydroxylation is 1. The molecule has 0 radical (unpaired) electrons. The van der Waals surface area contributed by atoms with E-state index in [9.17, 15) is 14.7 Å². The lowest BCUT2D eigenvalue weighted by Gasteiger charge is -2.26. The summed E-state index contributed by atoms with van der Waals surface area (Å²) in [4.78, 5) is 32.4. The van der Waals surface area contributed by atoms with Gasteiger partial charge in [0.2, 0.25) is 0 Å². The second-order valence-electron chi connectivity index (χ2n) is 6.10. The number of para-hydroxylation sites is 1. The van der Waals surface area contributed by atoms with Crippen molar-refractivity contribution in [2.75, 3.05) is 10.2 Å². The van der Waals surface area contributed by atoms with Gasteiger partial charge in [0.1, 0.15) is 5.75 Å². The summed E-state index contributed by atoms with van der Waals surface area (Å²) in [5, 5.41) is 11.9. The fourth-order valence-electron chi connectivity index (χ4n) is 2.87. The van der Waals surface area contributed by atoms with E-state index in [1.807, 2.05) is 30.3 Å². The molecular weight excluding hydrogens is 348 g/mol. The van der Waals surface area contributed by atoms with Crippen LogP contribution in [0.1, 0.15) is 21.6 Å². The van der Waals surface area contributed by atoms with Crippen LogP contribution in [0.15, 0.2) is 48.5 Å². The molecule has 2 heterocycles. The second kappa shape index (κ2) is 6.49. The summed E-state index contributed by atoms with van der Waals surface area (Å²) in [7, 11) is 0. The monoisotopic (exact) mass is 364 g/mol. The van der Waals surface area contributed by atoms with Gasteiger partial charge in [-0.25, -0.2) is 9.59 Å². The lowest BCUT2D eigenvalue weighted by atomic mass is 10.1. The number of benzene rings is 2. The maximum Gasteiger partial charge on any atom is 0.336 e. The van der Waals surface area contributed by atoms with Crippen LogP contribution in [0.25, 0.3) is 0 Å². The molecule has 0 saturated heterocycles. The molecule has 0 atom stereocenters. The SMILES string of the molecule is Cc1ccc(Oc2nc3c([nH]2)CN(c2ccccc2)C(=O)N3)cc1C(=O)O. The number of urea groups is 1. The van der Waals surface area contributed by atoms with Gasteiger partial charge in [0.15, 0.2) is 5.82 Å². The van der Waals surface area contributed by atoms with Crippen molar-refractivity contribution < 1.29 is 19.4 Å². The highest BCUT2D eigenvalue weighted by molar-refractivity contribution is 6.03. The molecule has 1 aliphatic rings. The van der Waals surface area contributed by atoms with Crippen LogP contribution in [-0.2, 0) is 6.54 Å². The van der Waals surface area contributed by atoms with Gasteiger partial charge in [-0.3, -0.25) is 10.2 Å². The molecule has 2 amide bonds. The molecule has 3 aromatic rings. The molecule has 0 aliphatic carbocycles. The molecule has 0 fully saturated rings. The maximum absolute atomic E-state index is 12.3. The van der Waals surface area contributed by atoms with Crippen LogP contribution in [0, 0.1) is 6.92 Å². The van der Waals surface area contributed by atoms with Crippen LogP contribution in [0.4, 0.5) is 16.3 Å². The molecule has 4 rings (SSSR count). The number of H-pyrrole nitrogens is 1. The Morgan fingerprint density at radius 3 is 2.74 bits per heavy atom. The Labute approximate surface area is 154 Å². The zero-order valence-corrected chi connectivity index (χ0v) is 14.4. The summed E-state index contributed by atoms with van der Waals surface area (Å²) in [5.41, 5.74) is 2.26. The minimum Gasteiger partial charge on any atom is -0.478 e. The lowest BCUT2D eigenvalue weighted by Crippen LogP contribution is -2.38. The van der Waals surface area contributed by atoms with Crippen molar-refractivity contribution in [1.82, 2.24) is 9.97 Å². The molecule has 1 aromatic heterocycles. The number of carbonyl (C=O) groups is 2. The molecule has 1 aliphatic heterocycles. The molecule has 2 aromatic carbocycles. The van der Waals surface area contributed by atoms with Gasteiger partial charge in [0.25, 0.3) is 0 Å². The van der Waals surface area contributed by atoms with Gasteiger partial charge in [-0.1, -0.05) is 24.3 Å². The number of aromatic amines is 1. The first-order chi connectivity index (χ1) is 13.0. The number of rotatable bonds is 4. The van der Waals surface area contributed by atoms with E-state index in [-0.39, 0.29) is 17.6 Å². The quantitative estimate of drug-likeness (QED) is 0.653. The van der Waals surface area contributed by atoms with E-state index < -0.39 is 5.97 Å². The number of fused-ring (bicyclic) bond motifs is 1. The van der Waals surface area contributed by atoms with Crippen molar-refractivity contribution in [1.29, 1.82) is 0 Å². The zero-order chi connectivity index (χ0) is 19.0. The minimum atomic E-state index is -1.03. The molecular formula is C19H16N4O4. The highest BCUT2D eigenvalue weighted by atomic mass is 16.5. The van der Waals surface area contributed by atoms with Crippen molar-refractivity contribution in [3.05, 3.63) is 65.4 Å². The van der Waals surface area contributed by atoms with Crippen LogP contribution in [-0.4, -0.2) is 27.1 Å². The first kappa shape index (κ1) is 16.6. The standard InChI is InChI=1S/C19H16N4O4/c1-11-7-8-13(9-14(11)17(24)25)27-18-20-15-10-23(12-5-3-2-4-6-12)19(26)22-16(15)21-18/h2-9H,10H2,1H3,(H,20,21)(H,22,26)(H,24,25). The normalized spacial score (nSPS) is 13.1. The largest absolute Gasteiger partial charge is 0.478 e. The Bertz CT molecular complexity index is 1030. The van der Waals surface area contributed by atoms with Gasteiger partial charge in [0, 0.05) is 5.69 Å². The summed E-state index contributed by atoms with van der Waals surface area (Å²) in [5.74, 6) is -0.287. The van der Waals surface area contributed by atoms with Gasteiger partial charge >= 0.3 is 18.0 Å². The number of nitrogens with zero attached hydrogens (tertiary/aromatic N) is 2. The Kier molecular flexibility index (Phi) is 4.00. The van der Waals surface area contributed by atoms with Crippen LogP contribution in [0.2, 0.25) is 0 Å². The van der Waals surface area contributed by atoms with Crippen LogP contribution in [0.5, 0.6) is 11.8 Å². The van der Waals surface area contributed by atoms with E-state index in [4.69, 9.17) is 4.74 Å². The van der Waals surface area contributed by atoms with Gasteiger partial charge in [-0.15, -0.1) is 0 Å². The number of ether oxygens (including phenoxy) is 1. The molecule has 3 N–H and O–H groups in total. The van der Waals surface area contributed by atoms with Crippen molar-refractivity contribution in [3.8, 4) is 11.8 Å². The molecule has 0 bridgehead atoms. The smallest absolute Gasteiger partial charge is 0.336 e. The fraction of sp³-hybridized carbons (Fsp3) is 0.105. The number of carboxylic acid groups (broad SMARTS) is 1. The average Bonchev–Trinajstić information content (AvgIpc) is 3.04. The molecule has 0 saturated carbocycles. The molecule has 8 heteroatoms. The van der Waals surface area contributed by atoms with Crippen molar-refractivity contribution in [2.24, 2.45) is 0 Å². The zero-order valence-electron chi connectivity index (χ0n) is 14.4. The Hall–Kier alpha value is -3.81. The highest BCUT2D eigenvalue weighted by Crippen LogP contribution is 2.29. The molecule has 8 nitrogen and oxygen atoms in total. The van der Waals surface area contributed by atoms with Gasteiger partial charge in [-0.05, 0) is 36.8 Å². The number of hydrogen-bond donors (Lipinski definition) is 3. The average molecular weight is 364 g/mol. The van der Waals surface area contributed by atoms with E-state index in [1.54, 1.807) is 24.0 Å². The van der Waals surface area contributed by atoms with E-state index >= 15 is 0 Å². The predicted octanol–water partition coefficient (Wildman–Crippen LogP) is 3.76. The van der Waals surface area contributed by atoms with E-state index in [2.05, 4.69) is 15.3 Å². The molecule has 27 heavy (non-hydrogen) atoms. The van der Waals surface area contributed by atoms with E-state index in [0.717, 1.165) is 5.69 Å². The fourth-order valence-corrected chi connectivity index (χ4v) is 2.87. The van der Waals surface area contributed by atoms with Crippen LogP contribution in [0.3, 0.4) is 0 Å². The minimum absolute atomic E-state index is 0.160. The van der Waals surface area contributed by atoms with Crippen molar-refractivity contribution in [3.63, 3.8) is 0 Å². The van der Waals surface area contributed by atoms with Crippen molar-refractivity contribution in [2.45, 2.75) is 13.5 Å². The third-order valence-electron chi connectivity index (χ3n) is 4.27. The van der Waals surface area contributed by atoms with Crippen molar-refractivity contribution >= 4 is 23.5 Å². The number of imidazole rings is 1. The number of nitrogens with one attached hydrogen (secondary N) is 2. The number of hydrogen-bond acceptors (Lipinski definition) is 4. The van der Waals surface area contributed by atoms with Crippen LogP contribution >= 0.6 is 0 Å². The Balaban J connectivity index is 1.58. The van der Waals surface area contributed by atoms with Gasteiger partial charge < -0.3 is 14.8 Å². The third-order valence-corrected chi connectivity index (χ3v) is 4.27. The number of aromatic nitrogens is 2. The summed E-state index contributed by atoms with van der Waals surface area (Å²) in [6, 6.07) is 14.0. The first-order valence-corrected chi connectivity index (χ1v) is 8.25. The maximum atomic E-state index is 12.3. The summed E-state index contributed by atoms with van der Waals surface area (Å²) in [6.45, 7) is 2.03. The number of aromatic carboxylic acids is 1.